The molecule has 2 aromatic rings. The summed E-state index contributed by atoms with van der Waals surface area (Å²) in [6, 6.07) is 0. The molecule has 3 heterocycles. The first kappa shape index (κ1) is 14.2. The van der Waals surface area contributed by atoms with Gasteiger partial charge in [-0.05, 0) is 24.4 Å². The highest BCUT2D eigenvalue weighted by Gasteiger charge is 2.26. The normalized spacial score (nSPS) is 21.6. The van der Waals surface area contributed by atoms with Gasteiger partial charge < -0.3 is 10.1 Å². The van der Waals surface area contributed by atoms with Crippen LogP contribution in [0.25, 0.3) is 5.95 Å². The van der Waals surface area contributed by atoms with Crippen molar-refractivity contribution in [1.82, 2.24) is 29.7 Å². The third-order valence-electron chi connectivity index (χ3n) is 3.49. The quantitative estimate of drug-likeness (QED) is 0.891. The summed E-state index contributed by atoms with van der Waals surface area (Å²) in [5, 5.41) is 7.30. The SMILES string of the molecule is CCC1OCCC1CNc1nc(Cl)nc(-n2cncn2)n1. The van der Waals surface area contributed by atoms with Crippen LogP contribution in [0.4, 0.5) is 5.95 Å². The van der Waals surface area contributed by atoms with Gasteiger partial charge in [-0.1, -0.05) is 6.92 Å². The third kappa shape index (κ3) is 3.27. The molecule has 0 spiro atoms. The third-order valence-corrected chi connectivity index (χ3v) is 3.66. The van der Waals surface area contributed by atoms with E-state index in [1.807, 2.05) is 0 Å². The zero-order chi connectivity index (χ0) is 14.7. The Kier molecular flexibility index (Phi) is 4.26. The lowest BCUT2D eigenvalue weighted by Crippen LogP contribution is -2.23. The van der Waals surface area contributed by atoms with E-state index in [1.165, 1.54) is 17.3 Å². The molecule has 0 aliphatic carbocycles. The fraction of sp³-hybridized carbons (Fsp3) is 0.583. The summed E-state index contributed by atoms with van der Waals surface area (Å²) < 4.78 is 7.10. The Balaban J connectivity index is 1.71. The molecule has 21 heavy (non-hydrogen) atoms. The van der Waals surface area contributed by atoms with Crippen molar-refractivity contribution in [3.63, 3.8) is 0 Å². The van der Waals surface area contributed by atoms with E-state index < -0.39 is 0 Å². The van der Waals surface area contributed by atoms with Gasteiger partial charge in [-0.2, -0.15) is 24.7 Å². The lowest BCUT2D eigenvalue weighted by Gasteiger charge is -2.17. The van der Waals surface area contributed by atoms with Gasteiger partial charge in [0.1, 0.15) is 12.7 Å². The predicted octanol–water partition coefficient (Wildman–Crippen LogP) is 1.33. The van der Waals surface area contributed by atoms with E-state index in [4.69, 9.17) is 16.3 Å². The second-order valence-corrected chi connectivity index (χ2v) is 5.15. The van der Waals surface area contributed by atoms with Crippen molar-refractivity contribution in [2.75, 3.05) is 18.5 Å². The molecule has 0 bridgehead atoms. The lowest BCUT2D eigenvalue weighted by atomic mass is 10.00. The number of rotatable bonds is 5. The number of halogens is 1. The molecule has 0 amide bonds. The van der Waals surface area contributed by atoms with Crippen molar-refractivity contribution in [1.29, 1.82) is 0 Å². The number of anilines is 1. The monoisotopic (exact) mass is 309 g/mol. The Bertz CT molecular complexity index is 591. The van der Waals surface area contributed by atoms with Crippen LogP contribution in [0.5, 0.6) is 0 Å². The molecule has 1 N–H and O–H groups in total. The first-order valence-corrected chi connectivity index (χ1v) is 7.26. The Morgan fingerprint density at radius 1 is 1.43 bits per heavy atom. The average Bonchev–Trinajstić information content (AvgIpc) is 3.15. The van der Waals surface area contributed by atoms with E-state index in [-0.39, 0.29) is 5.28 Å². The average molecular weight is 310 g/mol. The fourth-order valence-electron chi connectivity index (χ4n) is 2.43. The number of nitrogens with one attached hydrogen (secondary N) is 1. The van der Waals surface area contributed by atoms with Crippen LogP contribution in [0, 0.1) is 5.92 Å². The molecule has 9 heteroatoms. The van der Waals surface area contributed by atoms with Gasteiger partial charge in [-0.15, -0.1) is 0 Å². The largest absolute Gasteiger partial charge is 0.378 e. The molecule has 0 radical (unpaired) electrons. The summed E-state index contributed by atoms with van der Waals surface area (Å²) >= 11 is 5.93. The summed E-state index contributed by atoms with van der Waals surface area (Å²) in [6.07, 6.45) is 5.26. The molecular formula is C12H16ClN7O. The van der Waals surface area contributed by atoms with E-state index in [0.29, 0.717) is 23.9 Å². The van der Waals surface area contributed by atoms with E-state index >= 15 is 0 Å². The Hall–Kier alpha value is -1.80. The number of ether oxygens (including phenoxy) is 1. The van der Waals surface area contributed by atoms with Crippen LogP contribution in [0.3, 0.4) is 0 Å². The van der Waals surface area contributed by atoms with Gasteiger partial charge in [0.25, 0.3) is 5.95 Å². The minimum atomic E-state index is 0.118. The summed E-state index contributed by atoms with van der Waals surface area (Å²) in [6.45, 7) is 3.69. The molecular weight excluding hydrogens is 294 g/mol. The van der Waals surface area contributed by atoms with Gasteiger partial charge >= 0.3 is 0 Å². The summed E-state index contributed by atoms with van der Waals surface area (Å²) in [4.78, 5) is 16.3. The Morgan fingerprint density at radius 3 is 3.10 bits per heavy atom. The second kappa shape index (κ2) is 6.31. The predicted molar refractivity (Wildman–Crippen MR) is 76.4 cm³/mol. The number of hydrogen-bond acceptors (Lipinski definition) is 7. The van der Waals surface area contributed by atoms with Crippen LogP contribution >= 0.6 is 11.6 Å². The van der Waals surface area contributed by atoms with Gasteiger partial charge in [0.05, 0.1) is 6.10 Å². The molecule has 0 saturated carbocycles. The zero-order valence-corrected chi connectivity index (χ0v) is 12.4. The molecule has 2 atom stereocenters. The maximum atomic E-state index is 5.93. The molecule has 1 saturated heterocycles. The van der Waals surface area contributed by atoms with Crippen LogP contribution < -0.4 is 5.32 Å². The highest BCUT2D eigenvalue weighted by Crippen LogP contribution is 2.23. The van der Waals surface area contributed by atoms with Crippen molar-refractivity contribution in [3.8, 4) is 5.95 Å². The summed E-state index contributed by atoms with van der Waals surface area (Å²) in [7, 11) is 0. The molecule has 1 aliphatic heterocycles. The van der Waals surface area contributed by atoms with Crippen molar-refractivity contribution in [2.45, 2.75) is 25.9 Å². The minimum Gasteiger partial charge on any atom is -0.378 e. The van der Waals surface area contributed by atoms with Crippen LogP contribution in [0.1, 0.15) is 19.8 Å². The van der Waals surface area contributed by atoms with Crippen LogP contribution in [0.15, 0.2) is 12.7 Å². The van der Waals surface area contributed by atoms with Gasteiger partial charge in [0, 0.05) is 19.1 Å². The molecule has 1 aliphatic rings. The topological polar surface area (TPSA) is 90.6 Å². The zero-order valence-electron chi connectivity index (χ0n) is 11.6. The van der Waals surface area contributed by atoms with E-state index in [9.17, 15) is 0 Å². The highest BCUT2D eigenvalue weighted by molar-refractivity contribution is 6.28. The Labute approximate surface area is 126 Å². The van der Waals surface area contributed by atoms with E-state index in [0.717, 1.165) is 26.0 Å². The summed E-state index contributed by atoms with van der Waals surface area (Å²) in [5.41, 5.74) is 0. The molecule has 0 aromatic carbocycles. The molecule has 1 fully saturated rings. The lowest BCUT2D eigenvalue weighted by molar-refractivity contribution is 0.0900. The fourth-order valence-corrected chi connectivity index (χ4v) is 2.59. The van der Waals surface area contributed by atoms with E-state index in [1.54, 1.807) is 0 Å². The number of nitrogens with zero attached hydrogens (tertiary/aromatic N) is 6. The second-order valence-electron chi connectivity index (χ2n) is 4.82. The van der Waals surface area contributed by atoms with Gasteiger partial charge in [0.15, 0.2) is 0 Å². The first-order chi connectivity index (χ1) is 10.3. The maximum Gasteiger partial charge on any atom is 0.258 e. The smallest absolute Gasteiger partial charge is 0.258 e. The number of aromatic nitrogens is 6. The number of hydrogen-bond donors (Lipinski definition) is 1. The molecule has 3 rings (SSSR count). The van der Waals surface area contributed by atoms with Crippen LogP contribution in [-0.4, -0.2) is 49.0 Å². The Morgan fingerprint density at radius 2 is 2.33 bits per heavy atom. The molecule has 2 unspecified atom stereocenters. The van der Waals surface area contributed by atoms with Crippen molar-refractivity contribution in [2.24, 2.45) is 5.92 Å². The van der Waals surface area contributed by atoms with Gasteiger partial charge in [0.2, 0.25) is 11.2 Å². The van der Waals surface area contributed by atoms with Crippen LogP contribution in [-0.2, 0) is 4.74 Å². The minimum absolute atomic E-state index is 0.118. The maximum absolute atomic E-state index is 5.93. The van der Waals surface area contributed by atoms with Crippen LogP contribution in [0.2, 0.25) is 5.28 Å². The molecule has 8 nitrogen and oxygen atoms in total. The summed E-state index contributed by atoms with van der Waals surface area (Å²) in [5.74, 6) is 1.23. The molecule has 112 valence electrons. The molecule has 2 aromatic heterocycles. The van der Waals surface area contributed by atoms with Crippen molar-refractivity contribution >= 4 is 17.5 Å². The van der Waals surface area contributed by atoms with Gasteiger partial charge in [-0.3, -0.25) is 0 Å². The van der Waals surface area contributed by atoms with Gasteiger partial charge in [-0.25, -0.2) is 4.98 Å². The van der Waals surface area contributed by atoms with Crippen molar-refractivity contribution in [3.05, 3.63) is 17.9 Å². The first-order valence-electron chi connectivity index (χ1n) is 6.88. The highest BCUT2D eigenvalue weighted by atomic mass is 35.5. The van der Waals surface area contributed by atoms with Crippen molar-refractivity contribution < 1.29 is 4.74 Å². The van der Waals surface area contributed by atoms with E-state index in [2.05, 4.69) is 37.3 Å². The standard InChI is InChI=1S/C12H16ClN7O/c1-2-9-8(3-4-21-9)5-15-11-17-10(13)18-12(19-11)20-7-14-6-16-20/h6-9H,2-5H2,1H3,(H,15,17,18,19).